The molecular weight excluding hydrogens is 309 g/mol. The molecule has 0 aromatic heterocycles. The zero-order chi connectivity index (χ0) is 17.2. The number of β-amino-alcohol motifs (C(OH)–C–C–N with tert-alkyl or cyclic N) is 1. The van der Waals surface area contributed by atoms with Gasteiger partial charge in [-0.05, 0) is 37.1 Å². The lowest BCUT2D eigenvalue weighted by Crippen LogP contribution is -2.65. The highest BCUT2D eigenvalue weighted by molar-refractivity contribution is 5.80. The minimum absolute atomic E-state index is 0.0570. The van der Waals surface area contributed by atoms with Crippen molar-refractivity contribution in [1.82, 2.24) is 9.80 Å². The molecule has 2 saturated heterocycles. The van der Waals surface area contributed by atoms with E-state index in [2.05, 4.69) is 4.90 Å². The van der Waals surface area contributed by atoms with E-state index in [1.165, 1.54) is 12.1 Å². The Labute approximate surface area is 141 Å². The van der Waals surface area contributed by atoms with Crippen molar-refractivity contribution < 1.29 is 14.3 Å². The number of nitriles is 1. The number of hydrogen-bond acceptors (Lipinski definition) is 4. The Balaban J connectivity index is 1.54. The van der Waals surface area contributed by atoms with Gasteiger partial charge in [0.1, 0.15) is 11.4 Å². The minimum Gasteiger partial charge on any atom is -0.385 e. The first kappa shape index (κ1) is 16.9. The minimum atomic E-state index is -1.03. The smallest absolute Gasteiger partial charge is 0.227 e. The van der Waals surface area contributed by atoms with Gasteiger partial charge < -0.3 is 10.0 Å². The van der Waals surface area contributed by atoms with Crippen LogP contribution < -0.4 is 0 Å². The largest absolute Gasteiger partial charge is 0.385 e. The molecule has 0 saturated carbocycles. The van der Waals surface area contributed by atoms with Crippen LogP contribution in [-0.4, -0.2) is 52.6 Å². The zero-order valence-corrected chi connectivity index (χ0v) is 13.6. The summed E-state index contributed by atoms with van der Waals surface area (Å²) < 4.78 is 13.3. The van der Waals surface area contributed by atoms with Crippen LogP contribution in [0.1, 0.15) is 24.8 Å². The third kappa shape index (κ3) is 3.74. The fourth-order valence-corrected chi connectivity index (χ4v) is 3.63. The number of carbonyl (C=O) groups is 1. The summed E-state index contributed by atoms with van der Waals surface area (Å²) in [6.45, 7) is 2.70. The van der Waals surface area contributed by atoms with Gasteiger partial charge in [-0.15, -0.1) is 0 Å². The van der Waals surface area contributed by atoms with Gasteiger partial charge in [0.2, 0.25) is 5.91 Å². The lowest BCUT2D eigenvalue weighted by Gasteiger charge is -2.47. The van der Waals surface area contributed by atoms with Gasteiger partial charge in [-0.3, -0.25) is 9.69 Å². The van der Waals surface area contributed by atoms with E-state index in [-0.39, 0.29) is 37.2 Å². The van der Waals surface area contributed by atoms with Crippen LogP contribution in [0.3, 0.4) is 0 Å². The molecule has 24 heavy (non-hydrogen) atoms. The summed E-state index contributed by atoms with van der Waals surface area (Å²) in [6, 6.07) is 8.52. The molecule has 2 fully saturated rings. The first-order valence-electron chi connectivity index (χ1n) is 8.34. The van der Waals surface area contributed by atoms with Gasteiger partial charge in [0.25, 0.3) is 0 Å². The molecule has 6 heteroatoms. The van der Waals surface area contributed by atoms with E-state index in [1.807, 2.05) is 12.1 Å². The first-order valence-corrected chi connectivity index (χ1v) is 8.34. The van der Waals surface area contributed by atoms with Crippen LogP contribution in [0.4, 0.5) is 4.39 Å². The fourth-order valence-electron chi connectivity index (χ4n) is 3.63. The van der Waals surface area contributed by atoms with Crippen LogP contribution in [0.5, 0.6) is 0 Å². The average Bonchev–Trinajstić information content (AvgIpc) is 2.52. The maximum absolute atomic E-state index is 13.3. The molecule has 1 N–H and O–H groups in total. The first-order chi connectivity index (χ1) is 11.5. The standard InChI is InChI=1S/C18H22FN3O2/c19-16-5-1-3-14(9-16)10-21-8-2-4-15(11-21)17(23)22-12-18(24,13-22)6-7-20/h1,3,5,9,15,24H,2,4,6,8,10-13H2. The number of aliphatic hydroxyl groups is 1. The third-order valence-corrected chi connectivity index (χ3v) is 4.84. The molecule has 3 rings (SSSR count). The van der Waals surface area contributed by atoms with E-state index in [4.69, 9.17) is 5.26 Å². The molecule has 2 aliphatic rings. The van der Waals surface area contributed by atoms with E-state index in [1.54, 1.807) is 11.0 Å². The number of benzene rings is 1. The number of hydrogen-bond donors (Lipinski definition) is 1. The molecule has 1 atom stereocenters. The monoisotopic (exact) mass is 331 g/mol. The number of carbonyl (C=O) groups excluding carboxylic acids is 1. The van der Waals surface area contributed by atoms with Gasteiger partial charge >= 0.3 is 0 Å². The van der Waals surface area contributed by atoms with Gasteiger partial charge in [0.05, 0.1) is 31.5 Å². The molecule has 1 unspecified atom stereocenters. The highest BCUT2D eigenvalue weighted by atomic mass is 19.1. The molecule has 1 aromatic rings. The van der Waals surface area contributed by atoms with Crippen LogP contribution in [0, 0.1) is 23.1 Å². The topological polar surface area (TPSA) is 67.6 Å². The van der Waals surface area contributed by atoms with Crippen LogP contribution >= 0.6 is 0 Å². The molecular formula is C18H22FN3O2. The Morgan fingerprint density at radius 2 is 2.25 bits per heavy atom. The van der Waals surface area contributed by atoms with E-state index >= 15 is 0 Å². The van der Waals surface area contributed by atoms with Crippen molar-refractivity contribution in [2.75, 3.05) is 26.2 Å². The molecule has 5 nitrogen and oxygen atoms in total. The Hall–Kier alpha value is -1.97. The molecule has 2 aliphatic heterocycles. The molecule has 0 spiro atoms. The lowest BCUT2D eigenvalue weighted by molar-refractivity contribution is -0.160. The highest BCUT2D eigenvalue weighted by Gasteiger charge is 2.45. The molecule has 1 aromatic carbocycles. The molecule has 1 amide bonds. The van der Waals surface area contributed by atoms with E-state index in [0.29, 0.717) is 13.1 Å². The second kappa shape index (κ2) is 6.88. The van der Waals surface area contributed by atoms with E-state index in [9.17, 15) is 14.3 Å². The fraction of sp³-hybridized carbons (Fsp3) is 0.556. The number of nitrogens with zero attached hydrogens (tertiary/aromatic N) is 3. The van der Waals surface area contributed by atoms with Crippen molar-refractivity contribution >= 4 is 5.91 Å². The van der Waals surface area contributed by atoms with Gasteiger partial charge in [-0.2, -0.15) is 5.26 Å². The summed E-state index contributed by atoms with van der Waals surface area (Å²) in [5.74, 6) is -0.269. The van der Waals surface area contributed by atoms with Crippen LogP contribution in [0.25, 0.3) is 0 Å². The SMILES string of the molecule is N#CCC1(O)CN(C(=O)C2CCCN(Cc3cccc(F)c3)C2)C1. The van der Waals surface area contributed by atoms with Crippen molar-refractivity contribution in [3.63, 3.8) is 0 Å². The quantitative estimate of drug-likeness (QED) is 0.908. The third-order valence-electron chi connectivity index (χ3n) is 4.84. The lowest BCUT2D eigenvalue weighted by atomic mass is 9.88. The van der Waals surface area contributed by atoms with E-state index < -0.39 is 5.60 Å². The zero-order valence-electron chi connectivity index (χ0n) is 13.6. The summed E-state index contributed by atoms with van der Waals surface area (Å²) >= 11 is 0. The van der Waals surface area contributed by atoms with Gasteiger partial charge in [-0.1, -0.05) is 12.1 Å². The summed E-state index contributed by atoms with van der Waals surface area (Å²) in [7, 11) is 0. The average molecular weight is 331 g/mol. The predicted molar refractivity (Wildman–Crippen MR) is 86.2 cm³/mol. The molecule has 128 valence electrons. The number of halogens is 1. The molecule has 0 radical (unpaired) electrons. The summed E-state index contributed by atoms with van der Waals surface area (Å²) in [6.07, 6.45) is 1.83. The number of rotatable bonds is 4. The van der Waals surface area contributed by atoms with Crippen molar-refractivity contribution in [2.45, 2.75) is 31.4 Å². The molecule has 2 heterocycles. The van der Waals surface area contributed by atoms with Gasteiger partial charge in [0, 0.05) is 13.1 Å². The Bertz CT molecular complexity index is 652. The summed E-state index contributed by atoms with van der Waals surface area (Å²) in [5.41, 5.74) is -0.115. The normalized spacial score (nSPS) is 23.4. The van der Waals surface area contributed by atoms with Crippen molar-refractivity contribution in [3.8, 4) is 6.07 Å². The number of likely N-dealkylation sites (tertiary alicyclic amines) is 2. The van der Waals surface area contributed by atoms with Crippen molar-refractivity contribution in [3.05, 3.63) is 35.6 Å². The van der Waals surface area contributed by atoms with Crippen molar-refractivity contribution in [2.24, 2.45) is 5.92 Å². The second-order valence-corrected chi connectivity index (χ2v) is 6.96. The van der Waals surface area contributed by atoms with Gasteiger partial charge in [-0.25, -0.2) is 4.39 Å². The second-order valence-electron chi connectivity index (χ2n) is 6.96. The Kier molecular flexibility index (Phi) is 4.83. The van der Waals surface area contributed by atoms with Gasteiger partial charge in [0.15, 0.2) is 0 Å². The Morgan fingerprint density at radius 1 is 1.46 bits per heavy atom. The maximum atomic E-state index is 13.3. The van der Waals surface area contributed by atoms with Crippen LogP contribution in [0.15, 0.2) is 24.3 Å². The highest BCUT2D eigenvalue weighted by Crippen LogP contribution is 2.28. The molecule has 0 bridgehead atoms. The van der Waals surface area contributed by atoms with Crippen LogP contribution in [-0.2, 0) is 11.3 Å². The maximum Gasteiger partial charge on any atom is 0.227 e. The molecule has 0 aliphatic carbocycles. The van der Waals surface area contributed by atoms with E-state index in [0.717, 1.165) is 24.9 Å². The summed E-state index contributed by atoms with van der Waals surface area (Å²) in [4.78, 5) is 16.4. The Morgan fingerprint density at radius 3 is 2.96 bits per heavy atom. The van der Waals surface area contributed by atoms with Crippen molar-refractivity contribution in [1.29, 1.82) is 5.26 Å². The number of piperidine rings is 1. The number of amides is 1. The summed E-state index contributed by atoms with van der Waals surface area (Å²) in [5, 5.41) is 18.7. The van der Waals surface area contributed by atoms with Crippen LogP contribution in [0.2, 0.25) is 0 Å². The predicted octanol–water partition coefficient (Wildman–Crippen LogP) is 1.52.